The molecule has 3 saturated heterocycles. The van der Waals surface area contributed by atoms with E-state index in [-0.39, 0.29) is 41.9 Å². The molecule has 190 valence electrons. The Hall–Kier alpha value is -3.62. The Kier molecular flexibility index (Phi) is 6.80. The van der Waals surface area contributed by atoms with Gasteiger partial charge in [-0.25, -0.2) is 0 Å². The van der Waals surface area contributed by atoms with Gasteiger partial charge in [-0.15, -0.1) is 0 Å². The van der Waals surface area contributed by atoms with Crippen LogP contribution in [0.15, 0.2) is 47.1 Å². The van der Waals surface area contributed by atoms with Crippen molar-refractivity contribution in [1.82, 2.24) is 14.7 Å². The fraction of sp³-hybridized carbons (Fsp3) is 0.481. The number of hydrogen-bond acceptors (Lipinski definition) is 5. The lowest BCUT2D eigenvalue weighted by Gasteiger charge is -2.38. The van der Waals surface area contributed by atoms with Crippen LogP contribution in [0, 0.1) is 18.8 Å². The molecule has 0 bridgehead atoms. The summed E-state index contributed by atoms with van der Waals surface area (Å²) in [5.41, 5.74) is 1.95. The van der Waals surface area contributed by atoms with Crippen LogP contribution in [0.25, 0.3) is 0 Å². The van der Waals surface area contributed by atoms with Crippen LogP contribution in [0.2, 0.25) is 0 Å². The number of anilines is 1. The number of carbonyl (C=O) groups is 4. The second-order valence-corrected chi connectivity index (χ2v) is 9.94. The summed E-state index contributed by atoms with van der Waals surface area (Å²) in [5.74, 6) is -0.195. The Morgan fingerprint density at radius 3 is 2.06 bits per heavy atom. The van der Waals surface area contributed by atoms with E-state index in [1.807, 2.05) is 41.0 Å². The average molecular weight is 493 g/mol. The van der Waals surface area contributed by atoms with Gasteiger partial charge in [-0.2, -0.15) is 0 Å². The molecule has 2 aromatic rings. The molecule has 1 aromatic heterocycles. The normalized spacial score (nSPS) is 21.2. The van der Waals surface area contributed by atoms with Crippen molar-refractivity contribution in [3.8, 4) is 0 Å². The van der Waals surface area contributed by atoms with Crippen LogP contribution in [-0.2, 0) is 14.4 Å². The molecule has 3 aliphatic rings. The standard InChI is InChI=1S/C27H32N4O5/c1-19-4-6-22(7-5-19)31-18-21(17-24(31)32)26(34)28-10-8-20(9-11-28)25(33)29-12-14-30(15-13-29)27(35)23-3-2-16-36-23/h2-7,16,20-21H,8-15,17-18H2,1H3. The van der Waals surface area contributed by atoms with Crippen LogP contribution in [0.5, 0.6) is 0 Å². The zero-order valence-corrected chi connectivity index (χ0v) is 20.6. The maximum Gasteiger partial charge on any atom is 0.289 e. The summed E-state index contributed by atoms with van der Waals surface area (Å²) in [4.78, 5) is 58.4. The van der Waals surface area contributed by atoms with E-state index in [4.69, 9.17) is 4.42 Å². The molecule has 0 aliphatic carbocycles. The van der Waals surface area contributed by atoms with E-state index in [9.17, 15) is 19.2 Å². The molecule has 0 saturated carbocycles. The highest BCUT2D eigenvalue weighted by Crippen LogP contribution is 2.29. The number of piperidine rings is 1. The first-order chi connectivity index (χ1) is 17.4. The molecule has 9 heteroatoms. The average Bonchev–Trinajstić information content (AvgIpc) is 3.58. The maximum absolute atomic E-state index is 13.2. The number of likely N-dealkylation sites (tertiary alicyclic amines) is 1. The molecule has 1 aromatic carbocycles. The van der Waals surface area contributed by atoms with Gasteiger partial charge >= 0.3 is 0 Å². The van der Waals surface area contributed by atoms with E-state index in [2.05, 4.69) is 0 Å². The lowest BCUT2D eigenvalue weighted by molar-refractivity contribution is -0.143. The SMILES string of the molecule is Cc1ccc(N2CC(C(=O)N3CCC(C(=O)N4CCN(C(=O)c5ccco5)CC4)CC3)CC2=O)cc1. The smallest absolute Gasteiger partial charge is 0.289 e. The lowest BCUT2D eigenvalue weighted by Crippen LogP contribution is -2.53. The van der Waals surface area contributed by atoms with Gasteiger partial charge in [-0.1, -0.05) is 17.7 Å². The minimum Gasteiger partial charge on any atom is -0.459 e. The molecular weight excluding hydrogens is 460 g/mol. The third kappa shape index (κ3) is 4.87. The first kappa shape index (κ1) is 24.1. The predicted molar refractivity (Wildman–Crippen MR) is 132 cm³/mol. The summed E-state index contributed by atoms with van der Waals surface area (Å²) in [6.07, 6.45) is 2.96. The predicted octanol–water partition coefficient (Wildman–Crippen LogP) is 2.16. The topological polar surface area (TPSA) is 94.4 Å². The minimum absolute atomic E-state index is 0.00825. The third-order valence-electron chi connectivity index (χ3n) is 7.59. The van der Waals surface area contributed by atoms with Gasteiger partial charge in [0.1, 0.15) is 0 Å². The number of nitrogens with zero attached hydrogens (tertiary/aromatic N) is 4. The van der Waals surface area contributed by atoms with Gasteiger partial charge in [-0.05, 0) is 44.0 Å². The molecule has 3 fully saturated rings. The van der Waals surface area contributed by atoms with Gasteiger partial charge in [0.25, 0.3) is 5.91 Å². The molecule has 4 heterocycles. The van der Waals surface area contributed by atoms with Crippen molar-refractivity contribution in [2.75, 3.05) is 50.7 Å². The minimum atomic E-state index is -0.342. The number of piperazine rings is 1. The molecule has 4 amide bonds. The summed E-state index contributed by atoms with van der Waals surface area (Å²) >= 11 is 0. The number of benzene rings is 1. The van der Waals surface area contributed by atoms with Crippen molar-refractivity contribution in [3.63, 3.8) is 0 Å². The van der Waals surface area contributed by atoms with Crippen LogP contribution in [0.4, 0.5) is 5.69 Å². The molecular formula is C27H32N4O5. The van der Waals surface area contributed by atoms with Gasteiger partial charge in [0.15, 0.2) is 5.76 Å². The summed E-state index contributed by atoms with van der Waals surface area (Å²) < 4.78 is 5.20. The number of amides is 4. The van der Waals surface area contributed by atoms with E-state index in [0.717, 1.165) is 11.3 Å². The Morgan fingerprint density at radius 1 is 0.806 bits per heavy atom. The van der Waals surface area contributed by atoms with Crippen LogP contribution >= 0.6 is 0 Å². The fourth-order valence-electron chi connectivity index (χ4n) is 5.40. The summed E-state index contributed by atoms with van der Waals surface area (Å²) in [5, 5.41) is 0. The quantitative estimate of drug-likeness (QED) is 0.652. The van der Waals surface area contributed by atoms with E-state index < -0.39 is 0 Å². The summed E-state index contributed by atoms with van der Waals surface area (Å²) in [6, 6.07) is 11.1. The summed E-state index contributed by atoms with van der Waals surface area (Å²) in [7, 11) is 0. The van der Waals surface area contributed by atoms with Gasteiger partial charge in [-0.3, -0.25) is 19.2 Å². The Labute approximate surface area is 210 Å². The van der Waals surface area contributed by atoms with Crippen molar-refractivity contribution in [2.24, 2.45) is 11.8 Å². The molecule has 0 spiro atoms. The highest BCUT2D eigenvalue weighted by molar-refractivity contribution is 6.00. The lowest BCUT2D eigenvalue weighted by atomic mass is 9.93. The van der Waals surface area contributed by atoms with Crippen molar-refractivity contribution < 1.29 is 23.6 Å². The first-order valence-electron chi connectivity index (χ1n) is 12.7. The number of carbonyl (C=O) groups excluding carboxylic acids is 4. The Morgan fingerprint density at radius 2 is 1.42 bits per heavy atom. The monoisotopic (exact) mass is 492 g/mol. The Bertz CT molecular complexity index is 1110. The molecule has 0 radical (unpaired) electrons. The highest BCUT2D eigenvalue weighted by atomic mass is 16.3. The van der Waals surface area contributed by atoms with E-state index in [1.54, 1.807) is 21.9 Å². The van der Waals surface area contributed by atoms with Crippen LogP contribution in [0.1, 0.15) is 35.4 Å². The Balaban J connectivity index is 1.09. The molecule has 1 atom stereocenters. The first-order valence-corrected chi connectivity index (χ1v) is 12.7. The molecule has 5 rings (SSSR count). The second kappa shape index (κ2) is 10.2. The van der Waals surface area contributed by atoms with E-state index in [1.165, 1.54) is 6.26 Å². The second-order valence-electron chi connectivity index (χ2n) is 9.94. The third-order valence-corrected chi connectivity index (χ3v) is 7.59. The molecule has 36 heavy (non-hydrogen) atoms. The van der Waals surface area contributed by atoms with Gasteiger partial charge in [0.05, 0.1) is 12.2 Å². The number of aryl methyl sites for hydroxylation is 1. The number of rotatable bonds is 4. The van der Waals surface area contributed by atoms with Crippen molar-refractivity contribution in [2.45, 2.75) is 26.2 Å². The van der Waals surface area contributed by atoms with Crippen LogP contribution in [0.3, 0.4) is 0 Å². The zero-order chi connectivity index (χ0) is 25.2. The van der Waals surface area contributed by atoms with Crippen LogP contribution in [-0.4, -0.2) is 84.1 Å². The van der Waals surface area contributed by atoms with Crippen molar-refractivity contribution in [3.05, 3.63) is 54.0 Å². The van der Waals surface area contributed by atoms with Gasteiger partial charge in [0, 0.05) is 63.8 Å². The fourth-order valence-corrected chi connectivity index (χ4v) is 5.40. The van der Waals surface area contributed by atoms with Gasteiger partial charge in [0.2, 0.25) is 17.7 Å². The van der Waals surface area contributed by atoms with E-state index >= 15 is 0 Å². The largest absolute Gasteiger partial charge is 0.459 e. The molecule has 0 N–H and O–H groups in total. The maximum atomic E-state index is 13.2. The van der Waals surface area contributed by atoms with E-state index in [0.29, 0.717) is 64.4 Å². The zero-order valence-electron chi connectivity index (χ0n) is 20.6. The van der Waals surface area contributed by atoms with Crippen molar-refractivity contribution in [1.29, 1.82) is 0 Å². The number of furan rings is 1. The summed E-state index contributed by atoms with van der Waals surface area (Å²) in [6.45, 7) is 5.43. The molecule has 1 unspecified atom stereocenters. The highest BCUT2D eigenvalue weighted by Gasteiger charge is 2.39. The molecule has 9 nitrogen and oxygen atoms in total. The number of hydrogen-bond donors (Lipinski definition) is 0. The van der Waals surface area contributed by atoms with Gasteiger partial charge < -0.3 is 24.0 Å². The van der Waals surface area contributed by atoms with Crippen molar-refractivity contribution >= 4 is 29.3 Å². The van der Waals surface area contributed by atoms with Crippen LogP contribution < -0.4 is 4.90 Å². The molecule has 3 aliphatic heterocycles.